The van der Waals surface area contributed by atoms with Crippen LogP contribution in [-0.4, -0.2) is 4.57 Å². The van der Waals surface area contributed by atoms with E-state index in [9.17, 15) is 0 Å². The van der Waals surface area contributed by atoms with Gasteiger partial charge in [-0.1, -0.05) is 164 Å². The summed E-state index contributed by atoms with van der Waals surface area (Å²) in [5.41, 5.74) is 19.3. The van der Waals surface area contributed by atoms with Crippen LogP contribution in [-0.2, 0) is 5.41 Å². The molecule has 0 N–H and O–H groups in total. The number of fused-ring (bicyclic) bond motifs is 16. The maximum atomic E-state index is 2.57. The summed E-state index contributed by atoms with van der Waals surface area (Å²) in [6.45, 7) is 0. The van der Waals surface area contributed by atoms with Gasteiger partial charge < -0.3 is 9.47 Å². The van der Waals surface area contributed by atoms with Crippen LogP contribution in [0, 0.1) is 0 Å². The molecule has 0 saturated carbocycles. The number of benzene rings is 10. The second-order valence-electron chi connectivity index (χ2n) is 17.1. The molecule has 3 heteroatoms. The summed E-state index contributed by atoms with van der Waals surface area (Å²) in [7, 11) is 0. The summed E-state index contributed by atoms with van der Waals surface area (Å²) in [5.74, 6) is 0. The molecular weight excluding hydrogens is 793 g/mol. The first-order valence-corrected chi connectivity index (χ1v) is 22.9. The monoisotopic (exact) mass is 830 g/mol. The third-order valence-electron chi connectivity index (χ3n) is 14.0. The molecule has 2 nitrogen and oxygen atoms in total. The highest BCUT2D eigenvalue weighted by Crippen LogP contribution is 2.65. The number of anilines is 3. The maximum Gasteiger partial charge on any atom is 0.0746 e. The second-order valence-corrected chi connectivity index (χ2v) is 18.2. The van der Waals surface area contributed by atoms with Crippen LogP contribution in [0.5, 0.6) is 0 Å². The van der Waals surface area contributed by atoms with Crippen molar-refractivity contribution in [3.05, 3.63) is 253 Å². The number of aromatic nitrogens is 1. The Balaban J connectivity index is 1.06. The zero-order valence-electron chi connectivity index (χ0n) is 34.7. The van der Waals surface area contributed by atoms with E-state index in [1.165, 1.54) is 103 Å². The van der Waals surface area contributed by atoms with E-state index in [1.807, 2.05) is 11.3 Å². The van der Waals surface area contributed by atoms with Crippen LogP contribution in [0.25, 0.3) is 81.0 Å². The van der Waals surface area contributed by atoms with Crippen LogP contribution < -0.4 is 4.90 Å². The lowest BCUT2D eigenvalue weighted by molar-refractivity contribution is 0.793. The third kappa shape index (κ3) is 4.79. The molecule has 0 atom stereocenters. The van der Waals surface area contributed by atoms with E-state index in [2.05, 4.69) is 240 Å². The van der Waals surface area contributed by atoms with E-state index in [0.717, 1.165) is 17.1 Å². The molecule has 2 aliphatic rings. The van der Waals surface area contributed by atoms with Gasteiger partial charge >= 0.3 is 0 Å². The molecular formula is C61H38N2S. The van der Waals surface area contributed by atoms with Crippen LogP contribution in [0.3, 0.4) is 0 Å². The molecule has 14 rings (SSSR count). The average molecular weight is 831 g/mol. The lowest BCUT2D eigenvalue weighted by atomic mass is 9.70. The van der Waals surface area contributed by atoms with Crippen molar-refractivity contribution < 1.29 is 0 Å². The maximum absolute atomic E-state index is 2.57. The van der Waals surface area contributed by atoms with Crippen LogP contribution in [0.4, 0.5) is 17.1 Å². The van der Waals surface area contributed by atoms with Gasteiger partial charge in [-0.3, -0.25) is 0 Å². The predicted octanol–water partition coefficient (Wildman–Crippen LogP) is 16.6. The summed E-state index contributed by atoms with van der Waals surface area (Å²) in [4.78, 5) is 2.57. The fourth-order valence-corrected chi connectivity index (χ4v) is 12.6. The standard InChI is InChI=1S/C61H38N2S/c1-2-16-41(17-3-1)62-53-27-12-7-22-48(53)59-54(62)28-15-29-55(59)63(42-35-32-39(33-36-42)40-34-37-58-49(38-40)46-21-8-13-31-57(46)64-58)56-30-14-23-47-45-20-6-11-26-52(45)61(60(47)56)50-24-9-4-18-43(50)44-19-5-10-25-51(44)61/h1-38H. The highest BCUT2D eigenvalue weighted by atomic mass is 32.1. The SMILES string of the molecule is c1ccc(-n2c3ccccc3c3c(N(c4ccc(-c5ccc6sc7ccccc7c6c5)cc4)c4cccc5c4C4(c6ccccc6-c6ccccc64)c4ccccc4-5)cccc32)cc1. The Morgan fingerprint density at radius 3 is 1.67 bits per heavy atom. The van der Waals surface area contributed by atoms with Gasteiger partial charge in [0.25, 0.3) is 0 Å². The van der Waals surface area contributed by atoms with Crippen LogP contribution >= 0.6 is 11.3 Å². The Morgan fingerprint density at radius 2 is 0.922 bits per heavy atom. The van der Waals surface area contributed by atoms with Gasteiger partial charge in [0.15, 0.2) is 0 Å². The zero-order valence-corrected chi connectivity index (χ0v) is 35.6. The topological polar surface area (TPSA) is 8.17 Å². The minimum absolute atomic E-state index is 0.529. The molecule has 0 aliphatic heterocycles. The van der Waals surface area contributed by atoms with Crippen molar-refractivity contribution in [3.8, 4) is 39.1 Å². The van der Waals surface area contributed by atoms with Gasteiger partial charge in [-0.2, -0.15) is 0 Å². The molecule has 10 aromatic carbocycles. The first-order valence-electron chi connectivity index (χ1n) is 22.1. The molecule has 0 amide bonds. The highest BCUT2D eigenvalue weighted by molar-refractivity contribution is 7.25. The van der Waals surface area contributed by atoms with Crippen molar-refractivity contribution in [2.24, 2.45) is 0 Å². The Kier molecular flexibility index (Phi) is 7.51. The molecule has 0 fully saturated rings. The number of rotatable bonds is 5. The van der Waals surface area contributed by atoms with Crippen molar-refractivity contribution in [1.82, 2.24) is 4.57 Å². The summed E-state index contributed by atoms with van der Waals surface area (Å²) in [6.07, 6.45) is 0. The van der Waals surface area contributed by atoms with E-state index >= 15 is 0 Å². The molecule has 1 spiro atoms. The number of nitrogens with zero attached hydrogens (tertiary/aromatic N) is 2. The summed E-state index contributed by atoms with van der Waals surface area (Å²) >= 11 is 1.87. The predicted molar refractivity (Wildman–Crippen MR) is 270 cm³/mol. The summed E-state index contributed by atoms with van der Waals surface area (Å²) < 4.78 is 5.07. The fraction of sp³-hybridized carbons (Fsp3) is 0.0164. The molecule has 0 bridgehead atoms. The zero-order chi connectivity index (χ0) is 41.9. The molecule has 2 aromatic heterocycles. The minimum Gasteiger partial charge on any atom is -0.309 e. The van der Waals surface area contributed by atoms with E-state index < -0.39 is 5.41 Å². The lowest BCUT2D eigenvalue weighted by Gasteiger charge is -2.36. The Bertz CT molecular complexity index is 3790. The molecule has 2 heterocycles. The van der Waals surface area contributed by atoms with Crippen LogP contribution in [0.1, 0.15) is 22.3 Å². The molecule has 12 aromatic rings. The molecule has 0 saturated heterocycles. The van der Waals surface area contributed by atoms with Gasteiger partial charge in [-0.15, -0.1) is 11.3 Å². The van der Waals surface area contributed by atoms with Crippen molar-refractivity contribution in [2.75, 3.05) is 4.90 Å². The number of para-hydroxylation sites is 2. The van der Waals surface area contributed by atoms with Gasteiger partial charge in [0.05, 0.1) is 27.8 Å². The first-order chi connectivity index (χ1) is 31.8. The molecule has 2 aliphatic carbocycles. The van der Waals surface area contributed by atoms with E-state index in [0.29, 0.717) is 0 Å². The molecule has 64 heavy (non-hydrogen) atoms. The van der Waals surface area contributed by atoms with Crippen LogP contribution in [0.2, 0.25) is 0 Å². The largest absolute Gasteiger partial charge is 0.309 e. The average Bonchev–Trinajstić information content (AvgIpc) is 4.09. The van der Waals surface area contributed by atoms with Crippen molar-refractivity contribution in [1.29, 1.82) is 0 Å². The highest BCUT2D eigenvalue weighted by Gasteiger charge is 2.53. The number of hydrogen-bond acceptors (Lipinski definition) is 2. The molecule has 0 radical (unpaired) electrons. The van der Waals surface area contributed by atoms with Crippen molar-refractivity contribution >= 4 is 70.4 Å². The molecule has 0 unspecified atom stereocenters. The van der Waals surface area contributed by atoms with E-state index in [4.69, 9.17) is 0 Å². The second kappa shape index (κ2) is 13.5. The molecule has 298 valence electrons. The normalized spacial score (nSPS) is 13.1. The Morgan fingerprint density at radius 1 is 0.375 bits per heavy atom. The Labute approximate surface area is 375 Å². The van der Waals surface area contributed by atoms with Gasteiger partial charge in [-0.05, 0) is 117 Å². The van der Waals surface area contributed by atoms with Gasteiger partial charge in [0, 0.05) is 47.9 Å². The fourth-order valence-electron chi connectivity index (χ4n) is 11.5. The number of hydrogen-bond donors (Lipinski definition) is 0. The quantitative estimate of drug-likeness (QED) is 0.168. The van der Waals surface area contributed by atoms with E-state index in [1.54, 1.807) is 0 Å². The van der Waals surface area contributed by atoms with Crippen molar-refractivity contribution in [2.45, 2.75) is 5.41 Å². The third-order valence-corrected chi connectivity index (χ3v) is 15.2. The van der Waals surface area contributed by atoms with Crippen LogP contribution in [0.15, 0.2) is 231 Å². The first kappa shape index (κ1) is 35.6. The van der Waals surface area contributed by atoms with Gasteiger partial charge in [0.1, 0.15) is 0 Å². The van der Waals surface area contributed by atoms with Gasteiger partial charge in [0.2, 0.25) is 0 Å². The Hall–Kier alpha value is -7.98. The van der Waals surface area contributed by atoms with Gasteiger partial charge in [-0.25, -0.2) is 0 Å². The lowest BCUT2D eigenvalue weighted by Crippen LogP contribution is -2.28. The summed E-state index contributed by atoms with van der Waals surface area (Å²) in [6, 6.07) is 85.9. The number of thiophene rings is 1. The minimum atomic E-state index is -0.529. The summed E-state index contributed by atoms with van der Waals surface area (Å²) in [5, 5.41) is 5.07. The van der Waals surface area contributed by atoms with Crippen molar-refractivity contribution in [3.63, 3.8) is 0 Å². The van der Waals surface area contributed by atoms with E-state index in [-0.39, 0.29) is 0 Å². The smallest absolute Gasteiger partial charge is 0.0746 e.